The van der Waals surface area contributed by atoms with Gasteiger partial charge in [0.2, 0.25) is 5.91 Å². The molecular formula is C20H22N4O2. The SMILES string of the molecule is O=C(Nc1cc2cc(-c3cn[nH]c3)ccc2cn1)[C@H]1CC[C@H](CO)CC1. The van der Waals surface area contributed by atoms with E-state index in [0.717, 1.165) is 47.6 Å². The fraction of sp³-hybridized carbons (Fsp3) is 0.350. The average Bonchev–Trinajstić information content (AvgIpc) is 3.22. The number of hydrogen-bond donors (Lipinski definition) is 3. The number of aromatic amines is 1. The van der Waals surface area contributed by atoms with Crippen LogP contribution in [0.4, 0.5) is 5.82 Å². The lowest BCUT2D eigenvalue weighted by Gasteiger charge is -2.26. The van der Waals surface area contributed by atoms with E-state index in [4.69, 9.17) is 0 Å². The Bertz CT molecular complexity index is 899. The zero-order chi connectivity index (χ0) is 17.9. The highest BCUT2D eigenvalue weighted by atomic mass is 16.3. The minimum absolute atomic E-state index is 0.00700. The lowest BCUT2D eigenvalue weighted by molar-refractivity contribution is -0.121. The van der Waals surface area contributed by atoms with E-state index in [0.29, 0.717) is 11.7 Å². The normalized spacial score (nSPS) is 20.2. The number of pyridine rings is 1. The standard InChI is InChI=1S/C20H22N4O2/c25-12-13-1-3-14(4-2-13)20(26)24-19-8-17-7-15(18-10-22-23-11-18)5-6-16(17)9-21-19/h5-11,13-14,25H,1-4,12H2,(H,22,23)(H,21,24,26)/t13-,14-. The van der Waals surface area contributed by atoms with E-state index in [1.807, 2.05) is 24.4 Å². The van der Waals surface area contributed by atoms with Crippen molar-refractivity contribution in [3.8, 4) is 11.1 Å². The molecule has 2 heterocycles. The van der Waals surface area contributed by atoms with Gasteiger partial charge in [0.15, 0.2) is 0 Å². The van der Waals surface area contributed by atoms with E-state index in [9.17, 15) is 9.90 Å². The number of H-pyrrole nitrogens is 1. The highest BCUT2D eigenvalue weighted by molar-refractivity contribution is 5.95. The van der Waals surface area contributed by atoms with Crippen molar-refractivity contribution in [2.24, 2.45) is 11.8 Å². The van der Waals surface area contributed by atoms with E-state index in [2.05, 4.69) is 26.6 Å². The third kappa shape index (κ3) is 3.46. The van der Waals surface area contributed by atoms with Crippen molar-refractivity contribution in [1.82, 2.24) is 15.2 Å². The molecule has 0 bridgehead atoms. The number of amides is 1. The monoisotopic (exact) mass is 350 g/mol. The first kappa shape index (κ1) is 16.7. The summed E-state index contributed by atoms with van der Waals surface area (Å²) in [5, 5.41) is 21.0. The van der Waals surface area contributed by atoms with Crippen LogP contribution >= 0.6 is 0 Å². The Balaban J connectivity index is 1.50. The van der Waals surface area contributed by atoms with Gasteiger partial charge in [0, 0.05) is 35.9 Å². The van der Waals surface area contributed by atoms with E-state index in [1.54, 1.807) is 12.4 Å². The molecule has 0 atom stereocenters. The molecule has 1 aliphatic carbocycles. The van der Waals surface area contributed by atoms with Crippen molar-refractivity contribution in [2.75, 3.05) is 11.9 Å². The highest BCUT2D eigenvalue weighted by Crippen LogP contribution is 2.30. The van der Waals surface area contributed by atoms with E-state index in [1.165, 1.54) is 0 Å². The summed E-state index contributed by atoms with van der Waals surface area (Å²) in [5.41, 5.74) is 2.09. The summed E-state index contributed by atoms with van der Waals surface area (Å²) in [5.74, 6) is 0.960. The summed E-state index contributed by atoms with van der Waals surface area (Å²) in [6, 6.07) is 8.04. The van der Waals surface area contributed by atoms with Crippen LogP contribution in [0.2, 0.25) is 0 Å². The Morgan fingerprint density at radius 3 is 2.69 bits per heavy atom. The number of nitrogens with one attached hydrogen (secondary N) is 2. The Morgan fingerprint density at radius 2 is 1.96 bits per heavy atom. The number of aliphatic hydroxyl groups is 1. The van der Waals surface area contributed by atoms with Crippen LogP contribution in [0.25, 0.3) is 21.9 Å². The second kappa shape index (κ2) is 7.25. The van der Waals surface area contributed by atoms with Gasteiger partial charge in [-0.15, -0.1) is 0 Å². The molecule has 6 nitrogen and oxygen atoms in total. The van der Waals surface area contributed by atoms with Crippen molar-refractivity contribution >= 4 is 22.5 Å². The smallest absolute Gasteiger partial charge is 0.228 e. The van der Waals surface area contributed by atoms with Crippen molar-refractivity contribution in [3.05, 3.63) is 42.9 Å². The fourth-order valence-corrected chi connectivity index (χ4v) is 3.63. The zero-order valence-corrected chi connectivity index (χ0v) is 14.5. The number of carbonyl (C=O) groups excluding carboxylic acids is 1. The lowest BCUT2D eigenvalue weighted by atomic mass is 9.82. The van der Waals surface area contributed by atoms with Crippen LogP contribution in [0.5, 0.6) is 0 Å². The molecule has 1 amide bonds. The molecule has 0 radical (unpaired) electrons. The summed E-state index contributed by atoms with van der Waals surface area (Å²) < 4.78 is 0. The van der Waals surface area contributed by atoms with Gasteiger partial charge in [0.05, 0.1) is 6.20 Å². The Hall–Kier alpha value is -2.73. The van der Waals surface area contributed by atoms with Gasteiger partial charge in [-0.3, -0.25) is 9.89 Å². The number of aromatic nitrogens is 3. The van der Waals surface area contributed by atoms with Gasteiger partial charge in [-0.05, 0) is 54.7 Å². The molecule has 4 rings (SSSR count). The second-order valence-electron chi connectivity index (χ2n) is 7.01. The number of nitrogens with zero attached hydrogens (tertiary/aromatic N) is 2. The first-order valence-corrected chi connectivity index (χ1v) is 9.03. The van der Waals surface area contributed by atoms with Crippen LogP contribution in [0.3, 0.4) is 0 Å². The maximum absolute atomic E-state index is 12.5. The van der Waals surface area contributed by atoms with Crippen LogP contribution in [-0.2, 0) is 4.79 Å². The first-order valence-electron chi connectivity index (χ1n) is 9.03. The van der Waals surface area contributed by atoms with Crippen molar-refractivity contribution in [2.45, 2.75) is 25.7 Å². The van der Waals surface area contributed by atoms with Gasteiger partial charge >= 0.3 is 0 Å². The predicted molar refractivity (Wildman–Crippen MR) is 100 cm³/mol. The molecule has 0 aliphatic heterocycles. The van der Waals surface area contributed by atoms with E-state index in [-0.39, 0.29) is 18.4 Å². The summed E-state index contributed by atoms with van der Waals surface area (Å²) in [4.78, 5) is 16.9. The molecule has 1 aliphatic rings. The van der Waals surface area contributed by atoms with Gasteiger partial charge in [0.1, 0.15) is 5.82 Å². The van der Waals surface area contributed by atoms with Gasteiger partial charge in [-0.1, -0.05) is 12.1 Å². The number of anilines is 1. The number of benzene rings is 1. The maximum atomic E-state index is 12.5. The highest BCUT2D eigenvalue weighted by Gasteiger charge is 2.26. The molecule has 3 aromatic rings. The number of fused-ring (bicyclic) bond motifs is 1. The maximum Gasteiger partial charge on any atom is 0.228 e. The van der Waals surface area contributed by atoms with Gasteiger partial charge in [0.25, 0.3) is 0 Å². The topological polar surface area (TPSA) is 90.9 Å². The quantitative estimate of drug-likeness (QED) is 0.673. The summed E-state index contributed by atoms with van der Waals surface area (Å²) in [6.07, 6.45) is 8.90. The minimum atomic E-state index is 0.00700. The summed E-state index contributed by atoms with van der Waals surface area (Å²) in [7, 11) is 0. The third-order valence-corrected chi connectivity index (χ3v) is 5.28. The predicted octanol–water partition coefficient (Wildman–Crippen LogP) is 3.36. The second-order valence-corrected chi connectivity index (χ2v) is 7.01. The molecule has 6 heteroatoms. The van der Waals surface area contributed by atoms with Crippen LogP contribution in [0.1, 0.15) is 25.7 Å². The molecule has 134 valence electrons. The third-order valence-electron chi connectivity index (χ3n) is 5.28. The average molecular weight is 350 g/mol. The first-order chi connectivity index (χ1) is 12.7. The molecule has 1 saturated carbocycles. The van der Waals surface area contributed by atoms with Crippen LogP contribution in [0, 0.1) is 11.8 Å². The molecule has 0 saturated heterocycles. The van der Waals surface area contributed by atoms with Gasteiger partial charge < -0.3 is 10.4 Å². The van der Waals surface area contributed by atoms with Gasteiger partial charge in [-0.25, -0.2) is 4.98 Å². The largest absolute Gasteiger partial charge is 0.396 e. The van der Waals surface area contributed by atoms with Crippen molar-refractivity contribution in [1.29, 1.82) is 0 Å². The van der Waals surface area contributed by atoms with Crippen LogP contribution in [0.15, 0.2) is 42.9 Å². The zero-order valence-electron chi connectivity index (χ0n) is 14.5. The molecule has 0 spiro atoms. The molecule has 0 unspecified atom stereocenters. The van der Waals surface area contributed by atoms with E-state index >= 15 is 0 Å². The van der Waals surface area contributed by atoms with Crippen molar-refractivity contribution < 1.29 is 9.90 Å². The van der Waals surface area contributed by atoms with E-state index < -0.39 is 0 Å². The van der Waals surface area contributed by atoms with Crippen LogP contribution < -0.4 is 5.32 Å². The number of carbonyl (C=O) groups is 1. The summed E-state index contributed by atoms with van der Waals surface area (Å²) >= 11 is 0. The van der Waals surface area contributed by atoms with Crippen LogP contribution in [-0.4, -0.2) is 32.8 Å². The van der Waals surface area contributed by atoms with Crippen molar-refractivity contribution in [3.63, 3.8) is 0 Å². The van der Waals surface area contributed by atoms with Gasteiger partial charge in [-0.2, -0.15) is 5.10 Å². The number of rotatable bonds is 4. The summed E-state index contributed by atoms with van der Waals surface area (Å²) in [6.45, 7) is 0.222. The Morgan fingerprint density at radius 1 is 1.12 bits per heavy atom. The molecule has 1 aromatic carbocycles. The number of hydrogen-bond acceptors (Lipinski definition) is 4. The minimum Gasteiger partial charge on any atom is -0.396 e. The fourth-order valence-electron chi connectivity index (χ4n) is 3.63. The Kier molecular flexibility index (Phi) is 4.67. The Labute approximate surface area is 151 Å². The molecule has 1 fully saturated rings. The molecule has 3 N–H and O–H groups in total. The lowest BCUT2D eigenvalue weighted by Crippen LogP contribution is -2.28. The molecule has 2 aromatic heterocycles. The molecule has 26 heavy (non-hydrogen) atoms. The number of aliphatic hydroxyl groups excluding tert-OH is 1. The molecular weight excluding hydrogens is 328 g/mol.